The van der Waals surface area contributed by atoms with E-state index in [9.17, 15) is 0 Å². The fourth-order valence-electron chi connectivity index (χ4n) is 12.8. The van der Waals surface area contributed by atoms with Gasteiger partial charge in [-0.3, -0.25) is 0 Å². The Morgan fingerprint density at radius 2 is 0.461 bits per heavy atom. The molecule has 89 heavy (non-hydrogen) atoms. The lowest BCUT2D eigenvalue weighted by Crippen LogP contribution is -2.18. The van der Waals surface area contributed by atoms with Crippen molar-refractivity contribution >= 4 is 15.9 Å². The first-order chi connectivity index (χ1) is 41.6. The van der Waals surface area contributed by atoms with Crippen LogP contribution in [0.3, 0.4) is 0 Å². The van der Waals surface area contributed by atoms with Gasteiger partial charge in [0.2, 0.25) is 0 Å². The van der Waals surface area contributed by atoms with E-state index in [4.69, 9.17) is 28.4 Å². The molecule has 0 N–H and O–H groups in total. The smallest absolute Gasteiger partial charge is 0.126 e. The molecule has 7 heteroatoms. The standard InChI is InChI=1S/C82H105BrO6/c1-23-84-71-52-30-53-37-65(78(8,9)10)39-55(72(53)85-24-2)32-57-41-67(80(14,15)16)43-59(74(57)87-26-4)34-61-45-69(82(20,21)22)47-63-35-62-46-68(81(17,18)19)44-60(75(62)88-48-50-27-51(29-70(83)28-50)49-89-76(61)63)33-58-42-66(79(11,12)13)40-56(73(58)86-25-3)31-54(71)38-64(36-52)77(5,6)7/h27-29,36-47H,23-26,30-35,48-49H2,1-22H3. The molecule has 1 heterocycles. The highest BCUT2D eigenvalue weighted by Gasteiger charge is 2.32. The molecule has 7 aromatic carbocycles. The Kier molecular flexibility index (Phi) is 19.5. The molecule has 2 aliphatic rings. The molecule has 0 saturated carbocycles. The van der Waals surface area contributed by atoms with Crippen molar-refractivity contribution in [2.45, 2.75) is 237 Å². The third-order valence-corrected chi connectivity index (χ3v) is 18.3. The minimum atomic E-state index is -0.191. The van der Waals surface area contributed by atoms with Crippen LogP contribution in [0.2, 0.25) is 0 Å². The van der Waals surface area contributed by atoms with Crippen molar-refractivity contribution in [2.75, 3.05) is 26.4 Å². The molecular formula is C82H105BrO6. The molecule has 16 bridgehead atoms. The summed E-state index contributed by atoms with van der Waals surface area (Å²) in [5.74, 6) is 5.50. The monoisotopic (exact) mass is 1260 g/mol. The summed E-state index contributed by atoms with van der Waals surface area (Å²) in [5.41, 5.74) is 22.2. The van der Waals surface area contributed by atoms with Crippen molar-refractivity contribution in [3.8, 4) is 34.5 Å². The number of benzene rings is 7. The van der Waals surface area contributed by atoms with Gasteiger partial charge in [0.15, 0.2) is 0 Å². The molecule has 476 valence electrons. The van der Waals surface area contributed by atoms with E-state index in [0.29, 0.717) is 78.2 Å². The Balaban J connectivity index is 1.47. The Morgan fingerprint density at radius 3 is 0.652 bits per heavy atom. The lowest BCUT2D eigenvalue weighted by atomic mass is 9.79. The number of ether oxygens (including phenoxy) is 6. The van der Waals surface area contributed by atoms with Crippen LogP contribution < -0.4 is 28.4 Å². The van der Waals surface area contributed by atoms with E-state index in [0.717, 1.165) is 117 Å². The number of rotatable bonds is 8. The van der Waals surface area contributed by atoms with Gasteiger partial charge in [0.25, 0.3) is 0 Å². The fraction of sp³-hybridized carbons (Fsp3) is 0.488. The van der Waals surface area contributed by atoms with Gasteiger partial charge in [-0.05, 0) is 190 Å². The molecule has 7 aromatic rings. The van der Waals surface area contributed by atoms with Crippen LogP contribution >= 0.6 is 15.9 Å². The van der Waals surface area contributed by atoms with E-state index in [1.165, 1.54) is 33.4 Å². The van der Waals surface area contributed by atoms with Crippen molar-refractivity contribution in [1.82, 2.24) is 0 Å². The maximum Gasteiger partial charge on any atom is 0.126 e. The summed E-state index contributed by atoms with van der Waals surface area (Å²) in [6, 6.07) is 35.6. The molecule has 0 saturated heterocycles. The molecule has 0 atom stereocenters. The van der Waals surface area contributed by atoms with Crippen LogP contribution in [0.1, 0.15) is 264 Å². The Hall–Kier alpha value is -6.18. The topological polar surface area (TPSA) is 55.4 Å². The predicted molar refractivity (Wildman–Crippen MR) is 375 cm³/mol. The molecule has 0 unspecified atom stereocenters. The average molecular weight is 1270 g/mol. The Bertz CT molecular complexity index is 3500. The molecule has 6 nitrogen and oxygen atoms in total. The zero-order valence-electron chi connectivity index (χ0n) is 58.5. The summed E-state index contributed by atoms with van der Waals surface area (Å²) in [6.45, 7) is 53.2. The quantitative estimate of drug-likeness (QED) is 0.151. The van der Waals surface area contributed by atoms with Crippen LogP contribution in [0, 0.1) is 0 Å². The van der Waals surface area contributed by atoms with Gasteiger partial charge in [-0.1, -0.05) is 213 Å². The summed E-state index contributed by atoms with van der Waals surface area (Å²) >= 11 is 3.93. The number of fused-ring (bicyclic) bond motifs is 10. The minimum absolute atomic E-state index is 0.172. The van der Waals surface area contributed by atoms with Gasteiger partial charge in [0.1, 0.15) is 47.7 Å². The number of hydrogen-bond acceptors (Lipinski definition) is 6. The molecule has 1 aliphatic heterocycles. The molecule has 0 radical (unpaired) electrons. The van der Waals surface area contributed by atoms with Gasteiger partial charge < -0.3 is 28.4 Å². The lowest BCUT2D eigenvalue weighted by Gasteiger charge is -2.29. The third-order valence-electron chi connectivity index (χ3n) is 17.9. The molecule has 0 fully saturated rings. The van der Waals surface area contributed by atoms with Crippen molar-refractivity contribution in [3.63, 3.8) is 0 Å². The van der Waals surface area contributed by atoms with Crippen molar-refractivity contribution in [2.24, 2.45) is 0 Å². The van der Waals surface area contributed by atoms with Crippen LogP contribution in [-0.2, 0) is 84.2 Å². The number of halogens is 1. The molecule has 1 aliphatic carbocycles. The highest BCUT2D eigenvalue weighted by Crippen LogP contribution is 2.47. The summed E-state index contributed by atoms with van der Waals surface area (Å²) in [5, 5.41) is 0. The second-order valence-electron chi connectivity index (χ2n) is 31.6. The van der Waals surface area contributed by atoms with Crippen molar-refractivity contribution in [1.29, 1.82) is 0 Å². The Morgan fingerprint density at radius 1 is 0.281 bits per heavy atom. The molecule has 9 rings (SSSR count). The van der Waals surface area contributed by atoms with E-state index in [-0.39, 0.29) is 32.5 Å². The van der Waals surface area contributed by atoms with Crippen LogP contribution in [-0.4, -0.2) is 26.4 Å². The molecular weight excluding hydrogens is 1160 g/mol. The zero-order valence-corrected chi connectivity index (χ0v) is 60.1. The summed E-state index contributed by atoms with van der Waals surface area (Å²) in [4.78, 5) is 0. The number of hydrogen-bond donors (Lipinski definition) is 0. The van der Waals surface area contributed by atoms with Crippen LogP contribution in [0.4, 0.5) is 0 Å². The van der Waals surface area contributed by atoms with E-state index < -0.39 is 0 Å². The lowest BCUT2D eigenvalue weighted by molar-refractivity contribution is 0.290. The third kappa shape index (κ3) is 15.4. The van der Waals surface area contributed by atoms with Crippen LogP contribution in [0.25, 0.3) is 0 Å². The second kappa shape index (κ2) is 25.8. The summed E-state index contributed by atoms with van der Waals surface area (Å²) < 4.78 is 44.2. The van der Waals surface area contributed by atoms with E-state index in [2.05, 4.69) is 259 Å². The second-order valence-corrected chi connectivity index (χ2v) is 32.5. The minimum Gasteiger partial charge on any atom is -0.493 e. The molecule has 0 spiro atoms. The first kappa shape index (κ1) is 67.2. The van der Waals surface area contributed by atoms with Crippen molar-refractivity contribution < 1.29 is 28.4 Å². The van der Waals surface area contributed by atoms with E-state index >= 15 is 0 Å². The first-order valence-electron chi connectivity index (χ1n) is 33.1. The van der Waals surface area contributed by atoms with E-state index in [1.54, 1.807) is 0 Å². The zero-order chi connectivity index (χ0) is 64.9. The van der Waals surface area contributed by atoms with Gasteiger partial charge in [-0.25, -0.2) is 0 Å². The maximum absolute atomic E-state index is 7.45. The highest BCUT2D eigenvalue weighted by atomic mass is 79.9. The Labute approximate surface area is 545 Å². The van der Waals surface area contributed by atoms with Gasteiger partial charge in [0, 0.05) is 43.0 Å². The summed E-state index contributed by atoms with van der Waals surface area (Å²) in [7, 11) is 0. The SMILES string of the molecule is CCOc1c2cc(C(C)(C)C)cc1Cc1cc(C(C)(C)C)cc(c1OCC)Cc1cc(C(C)(C)C)cc3c1OCc1cc(Br)cc(c1)COc1c(cc(C(C)(C)C)cc1C3)Cc1cc(C(C)(C)C)cc(c1OCC)Cc1cc(C(C)(C)C)cc(c1OCC)C2. The largest absolute Gasteiger partial charge is 0.493 e. The molecule has 0 aromatic heterocycles. The summed E-state index contributed by atoms with van der Waals surface area (Å²) in [6.07, 6.45) is 3.59. The normalized spacial score (nSPS) is 14.2. The molecule has 0 amide bonds. The fourth-order valence-corrected chi connectivity index (χ4v) is 13.4. The van der Waals surface area contributed by atoms with Crippen LogP contribution in [0.15, 0.2) is 95.5 Å². The first-order valence-corrected chi connectivity index (χ1v) is 33.9. The van der Waals surface area contributed by atoms with Gasteiger partial charge >= 0.3 is 0 Å². The predicted octanol–water partition coefficient (Wildman–Crippen LogP) is 21.2. The maximum atomic E-state index is 7.45. The van der Waals surface area contributed by atoms with Gasteiger partial charge in [0.05, 0.1) is 26.4 Å². The van der Waals surface area contributed by atoms with Gasteiger partial charge in [-0.15, -0.1) is 0 Å². The van der Waals surface area contributed by atoms with Gasteiger partial charge in [-0.2, -0.15) is 0 Å². The highest BCUT2D eigenvalue weighted by molar-refractivity contribution is 9.10. The average Bonchev–Trinajstić information content (AvgIpc) is 1.45. The van der Waals surface area contributed by atoms with Crippen LogP contribution in [0.5, 0.6) is 34.5 Å². The van der Waals surface area contributed by atoms with E-state index in [1.807, 2.05) is 0 Å². The van der Waals surface area contributed by atoms with Crippen molar-refractivity contribution in [3.05, 3.63) is 207 Å².